The Labute approximate surface area is 194 Å². The van der Waals surface area contributed by atoms with Crippen LogP contribution in [0.2, 0.25) is 0 Å². The lowest BCUT2D eigenvalue weighted by molar-refractivity contribution is -0.140. The first kappa shape index (κ1) is 24.5. The van der Waals surface area contributed by atoms with E-state index in [1.807, 2.05) is 18.2 Å². The molecule has 0 amide bonds. The van der Waals surface area contributed by atoms with Gasteiger partial charge in [0.05, 0.1) is 6.54 Å². The van der Waals surface area contributed by atoms with Crippen LogP contribution in [0.5, 0.6) is 11.5 Å². The summed E-state index contributed by atoms with van der Waals surface area (Å²) in [5.41, 5.74) is -0.0561. The molecule has 1 aromatic carbocycles. The summed E-state index contributed by atoms with van der Waals surface area (Å²) in [4.78, 5) is 7.74. The molecule has 2 N–H and O–H groups in total. The number of hydrogen-bond acceptors (Lipinski definition) is 5. The number of nitrogens with zero attached hydrogens (tertiary/aromatic N) is 2. The molecule has 166 valence electrons. The summed E-state index contributed by atoms with van der Waals surface area (Å²) >= 11 is 0.960. The number of halogens is 4. The average Bonchev–Trinajstić information content (AvgIpc) is 3.17. The molecule has 0 atom stereocenters. The van der Waals surface area contributed by atoms with Gasteiger partial charge in [0.15, 0.2) is 23.2 Å². The second kappa shape index (κ2) is 10.0. The van der Waals surface area contributed by atoms with Gasteiger partial charge in [0.25, 0.3) is 0 Å². The Balaban J connectivity index is 0.00000320. The fraction of sp³-hybridized carbons (Fsp3) is 0.474. The smallest absolute Gasteiger partial charge is 0.434 e. The van der Waals surface area contributed by atoms with Gasteiger partial charge in [-0.1, -0.05) is 19.9 Å². The first-order valence-electron chi connectivity index (χ1n) is 9.05. The van der Waals surface area contributed by atoms with Crippen LogP contribution in [0.3, 0.4) is 0 Å². The number of alkyl halides is 3. The molecular formula is C19H24F3IN4O2S. The lowest BCUT2D eigenvalue weighted by Gasteiger charge is -2.28. The molecule has 0 saturated heterocycles. The predicted octanol–water partition coefficient (Wildman–Crippen LogP) is 4.19. The third-order valence-corrected chi connectivity index (χ3v) is 5.34. The van der Waals surface area contributed by atoms with Crippen LogP contribution in [0, 0.1) is 0 Å². The molecule has 0 aliphatic carbocycles. The summed E-state index contributed by atoms with van der Waals surface area (Å²) in [6, 6.07) is 5.87. The number of hydrogen-bond donors (Lipinski definition) is 2. The number of aliphatic imine (C=N–C) groups is 1. The fourth-order valence-corrected chi connectivity index (χ4v) is 3.51. The predicted molar refractivity (Wildman–Crippen MR) is 121 cm³/mol. The number of benzene rings is 1. The highest BCUT2D eigenvalue weighted by Gasteiger charge is 2.33. The Morgan fingerprint density at radius 1 is 1.17 bits per heavy atom. The van der Waals surface area contributed by atoms with E-state index in [-0.39, 0.29) is 35.9 Å². The highest BCUT2D eigenvalue weighted by atomic mass is 127. The number of guanidine groups is 1. The molecule has 0 saturated carbocycles. The van der Waals surface area contributed by atoms with E-state index in [0.29, 0.717) is 30.7 Å². The van der Waals surface area contributed by atoms with Gasteiger partial charge in [-0.2, -0.15) is 13.2 Å². The normalized spacial score (nSPS) is 14.1. The Hall–Kier alpha value is -1.76. The Kier molecular flexibility index (Phi) is 8.20. The van der Waals surface area contributed by atoms with Gasteiger partial charge < -0.3 is 20.1 Å². The second-order valence-electron chi connectivity index (χ2n) is 7.15. The van der Waals surface area contributed by atoms with Crippen LogP contribution in [0.15, 0.2) is 28.6 Å². The van der Waals surface area contributed by atoms with Crippen molar-refractivity contribution in [3.8, 4) is 11.5 Å². The third kappa shape index (κ3) is 6.13. The highest BCUT2D eigenvalue weighted by Crippen LogP contribution is 2.35. The van der Waals surface area contributed by atoms with Gasteiger partial charge in [0.1, 0.15) is 18.2 Å². The van der Waals surface area contributed by atoms with Crippen molar-refractivity contribution in [2.45, 2.75) is 32.0 Å². The number of rotatable bonds is 5. The van der Waals surface area contributed by atoms with Crippen LogP contribution < -0.4 is 20.1 Å². The molecule has 0 radical (unpaired) electrons. The van der Waals surface area contributed by atoms with Gasteiger partial charge in [-0.3, -0.25) is 4.99 Å². The monoisotopic (exact) mass is 556 g/mol. The number of thiazole rings is 1. The minimum atomic E-state index is -4.43. The van der Waals surface area contributed by atoms with Crippen LogP contribution in [-0.2, 0) is 18.1 Å². The van der Waals surface area contributed by atoms with E-state index >= 15 is 0 Å². The van der Waals surface area contributed by atoms with E-state index in [1.165, 1.54) is 0 Å². The van der Waals surface area contributed by atoms with Crippen LogP contribution in [0.25, 0.3) is 0 Å². The molecule has 3 rings (SSSR count). The van der Waals surface area contributed by atoms with Gasteiger partial charge in [0, 0.05) is 24.4 Å². The van der Waals surface area contributed by atoms with Crippen molar-refractivity contribution < 1.29 is 22.6 Å². The summed E-state index contributed by atoms with van der Waals surface area (Å²) in [7, 11) is 1.61. The van der Waals surface area contributed by atoms with Gasteiger partial charge >= 0.3 is 6.18 Å². The molecule has 0 unspecified atom stereocenters. The Morgan fingerprint density at radius 2 is 1.87 bits per heavy atom. The zero-order valence-electron chi connectivity index (χ0n) is 16.8. The summed E-state index contributed by atoms with van der Waals surface area (Å²) in [6.07, 6.45) is -4.43. The van der Waals surface area contributed by atoms with Crippen LogP contribution >= 0.6 is 35.3 Å². The average molecular weight is 556 g/mol. The quantitative estimate of drug-likeness (QED) is 0.329. The van der Waals surface area contributed by atoms with Crippen molar-refractivity contribution in [1.82, 2.24) is 15.6 Å². The molecule has 0 bridgehead atoms. The minimum Gasteiger partial charge on any atom is -0.486 e. The maximum atomic E-state index is 12.7. The molecular weight excluding hydrogens is 532 g/mol. The molecule has 1 aliphatic rings. The van der Waals surface area contributed by atoms with Gasteiger partial charge in [0.2, 0.25) is 0 Å². The van der Waals surface area contributed by atoms with E-state index in [1.54, 1.807) is 7.05 Å². The summed E-state index contributed by atoms with van der Waals surface area (Å²) < 4.78 is 49.2. The van der Waals surface area contributed by atoms with E-state index in [0.717, 1.165) is 33.8 Å². The zero-order chi connectivity index (χ0) is 21.1. The Morgan fingerprint density at radius 3 is 2.50 bits per heavy atom. The largest absolute Gasteiger partial charge is 0.486 e. The molecule has 11 heteroatoms. The maximum Gasteiger partial charge on any atom is 0.434 e. The number of ether oxygens (including phenoxy) is 2. The second-order valence-corrected chi connectivity index (χ2v) is 8.09. The first-order chi connectivity index (χ1) is 13.7. The molecule has 30 heavy (non-hydrogen) atoms. The Bertz CT molecular complexity index is 887. The van der Waals surface area contributed by atoms with Gasteiger partial charge in [-0.15, -0.1) is 35.3 Å². The van der Waals surface area contributed by atoms with E-state index in [2.05, 4.69) is 34.5 Å². The van der Waals surface area contributed by atoms with Crippen LogP contribution in [-0.4, -0.2) is 37.7 Å². The molecule has 1 aromatic heterocycles. The van der Waals surface area contributed by atoms with E-state index < -0.39 is 11.9 Å². The molecule has 6 nitrogen and oxygen atoms in total. The third-order valence-electron chi connectivity index (χ3n) is 4.49. The molecule has 0 spiro atoms. The van der Waals surface area contributed by atoms with E-state index in [4.69, 9.17) is 9.47 Å². The zero-order valence-corrected chi connectivity index (χ0v) is 19.9. The maximum absolute atomic E-state index is 12.7. The van der Waals surface area contributed by atoms with Crippen molar-refractivity contribution >= 4 is 41.3 Å². The van der Waals surface area contributed by atoms with Crippen molar-refractivity contribution in [2.75, 3.05) is 26.8 Å². The summed E-state index contributed by atoms with van der Waals surface area (Å²) in [5, 5.41) is 7.57. The van der Waals surface area contributed by atoms with Crippen molar-refractivity contribution in [1.29, 1.82) is 0 Å². The molecule has 1 aliphatic heterocycles. The molecule has 2 heterocycles. The van der Waals surface area contributed by atoms with Crippen LogP contribution in [0.1, 0.15) is 30.1 Å². The summed E-state index contributed by atoms with van der Waals surface area (Å²) in [5.74, 6) is 1.95. The SMILES string of the molecule is CN=C(NCc1nc(C(F)(F)F)cs1)NCC(C)(C)c1ccc2c(c1)OCCO2.I. The topological polar surface area (TPSA) is 67.8 Å². The van der Waals surface area contributed by atoms with Crippen LogP contribution in [0.4, 0.5) is 13.2 Å². The molecule has 2 aromatic rings. The van der Waals surface area contributed by atoms with Crippen molar-refractivity contribution in [3.05, 3.63) is 39.8 Å². The number of nitrogens with one attached hydrogen (secondary N) is 2. The van der Waals surface area contributed by atoms with Crippen molar-refractivity contribution in [2.24, 2.45) is 4.99 Å². The summed E-state index contributed by atoms with van der Waals surface area (Å²) in [6.45, 7) is 5.94. The van der Waals surface area contributed by atoms with Gasteiger partial charge in [-0.05, 0) is 17.7 Å². The standard InChI is InChI=1S/C19H23F3N4O2S.HI/c1-18(2,12-4-5-13-14(8-12)28-7-6-27-13)11-25-17(23-3)24-9-16-26-15(10-29-16)19(20,21)22;/h4-5,8,10H,6-7,9,11H2,1-3H3,(H2,23,24,25);1H. The first-order valence-corrected chi connectivity index (χ1v) is 9.93. The fourth-order valence-electron chi connectivity index (χ4n) is 2.77. The lowest BCUT2D eigenvalue weighted by Crippen LogP contribution is -2.43. The highest BCUT2D eigenvalue weighted by molar-refractivity contribution is 14.0. The number of aromatic nitrogens is 1. The number of fused-ring (bicyclic) bond motifs is 1. The molecule has 0 fully saturated rings. The van der Waals surface area contributed by atoms with Crippen molar-refractivity contribution in [3.63, 3.8) is 0 Å². The minimum absolute atomic E-state index is 0. The van der Waals surface area contributed by atoms with E-state index in [9.17, 15) is 13.2 Å². The lowest BCUT2D eigenvalue weighted by atomic mass is 9.84. The van der Waals surface area contributed by atoms with Gasteiger partial charge in [-0.25, -0.2) is 4.98 Å².